The SMILES string of the molecule is C.CC(=O)O[C@@H]([C@H]1C[C@@H](C)[C@@H]2[C@H](O1)[C@H](O)[C@@]1(C)[C@@H]3CC[C@H]4C(C)(C)[C@@H](O)CC[C@@]45C[C@@]35CC[C@]21C)C(C)(C)O.CC(=O)O[C@H]([C@H]1C[C@@H](C)[C@@H]2[C@H](O1)[C@H](O)[C@@]1(C)[C@@H]3CC[C@H]4C(C)(C)[C@@H](O)CC[C@@]45C[C@@]35CC[C@]21C)C(C)(C)O.C[C@@H]1C[C@H]([C@@H](O)C(C)(C)C)O[C@H]2[C@@H]1[C@@]1(C)CC[C@@]34C[C@@]35CC[C@H](O)C(C)(C)[C@@H]5CC[C@H]4[C@]1(C)[C@H]2O.C[C@@H]1C[C@H]([C@H](O)C(C)(C)O)O[C@H]2[C@@H]1[C@@]1(C)CC[C@@]34C[C@@]35CC[C@H](O)C(C)(C)[C@@H]5CC[C@H]4[C@]1(C)[C@H]2O. The molecule has 24 aliphatic rings. The summed E-state index contributed by atoms with van der Waals surface area (Å²) in [6.45, 7) is 65.9. The van der Waals surface area contributed by atoms with E-state index >= 15 is 0 Å². The number of esters is 2. The second-order valence-electron chi connectivity index (χ2n) is 64.6. The van der Waals surface area contributed by atoms with Crippen LogP contribution >= 0.6 is 0 Å². The molecular weight excluding hydrogens is 1850 g/mol. The average molecular weight is 2060 g/mol. The zero-order valence-corrected chi connectivity index (χ0v) is 96.5. The predicted molar refractivity (Wildman–Crippen MR) is 567 cm³/mol. The Morgan fingerprint density at radius 2 is 0.483 bits per heavy atom. The van der Waals surface area contributed by atoms with E-state index in [2.05, 4.69) is 159 Å². The van der Waals surface area contributed by atoms with Gasteiger partial charge in [-0.2, -0.15) is 0 Å². The van der Waals surface area contributed by atoms with Crippen LogP contribution < -0.4 is 0 Å². The van der Waals surface area contributed by atoms with Crippen molar-refractivity contribution in [2.75, 3.05) is 0 Å². The van der Waals surface area contributed by atoms with Crippen molar-refractivity contribution in [3.63, 3.8) is 0 Å². The summed E-state index contributed by atoms with van der Waals surface area (Å²) in [4.78, 5) is 23.9. The van der Waals surface area contributed by atoms with Crippen molar-refractivity contribution in [2.45, 2.75) is 566 Å². The Labute approximate surface area is 886 Å². The first-order valence-corrected chi connectivity index (χ1v) is 60.0. The number of aliphatic hydroxyl groups excluding tert-OH is 10. The largest absolute Gasteiger partial charge is 0.457 e. The van der Waals surface area contributed by atoms with E-state index in [4.69, 9.17) is 28.4 Å². The van der Waals surface area contributed by atoms with Gasteiger partial charge in [-0.3, -0.25) is 9.59 Å². The highest BCUT2D eigenvalue weighted by atomic mass is 16.6. The fourth-order valence-electron chi connectivity index (χ4n) is 48.8. The van der Waals surface area contributed by atoms with Crippen LogP contribution in [-0.4, -0.2) is 217 Å². The van der Waals surface area contributed by atoms with Crippen LogP contribution in [0.3, 0.4) is 0 Å². The van der Waals surface area contributed by atoms with Gasteiger partial charge < -0.3 is 94.8 Å². The number of fused-ring (bicyclic) bond motifs is 16. The van der Waals surface area contributed by atoms with E-state index in [-0.39, 0.29) is 173 Å². The third-order valence-corrected chi connectivity index (χ3v) is 56.2. The van der Waals surface area contributed by atoms with Crippen molar-refractivity contribution in [2.24, 2.45) is 208 Å². The fraction of sp³-hybridized carbons (Fsp3) is 0.984. The molecule has 52 atom stereocenters. The van der Waals surface area contributed by atoms with E-state index in [1.54, 1.807) is 41.5 Å². The molecule has 13 N–H and O–H groups in total. The van der Waals surface area contributed by atoms with Gasteiger partial charge in [-0.25, -0.2) is 0 Å². The van der Waals surface area contributed by atoms with Crippen molar-refractivity contribution < 1.29 is 104 Å². The van der Waals surface area contributed by atoms with Crippen LogP contribution in [-0.2, 0) is 38.0 Å². The van der Waals surface area contributed by atoms with Gasteiger partial charge in [0.25, 0.3) is 0 Å². The number of hydrogen-bond donors (Lipinski definition) is 13. The lowest BCUT2D eigenvalue weighted by atomic mass is 9.41. The number of aliphatic hydroxyl groups is 13. The van der Waals surface area contributed by atoms with Crippen LogP contribution in [0.1, 0.15) is 428 Å². The Balaban J connectivity index is 0.000000119. The van der Waals surface area contributed by atoms with Crippen LogP contribution in [0.2, 0.25) is 0 Å². The van der Waals surface area contributed by atoms with Crippen molar-refractivity contribution in [1.29, 1.82) is 0 Å². The monoisotopic (exact) mass is 2060 g/mol. The first-order chi connectivity index (χ1) is 67.1. The number of ether oxygens (including phenoxy) is 6. The van der Waals surface area contributed by atoms with Gasteiger partial charge in [0.05, 0.1) is 121 Å². The summed E-state index contributed by atoms with van der Waals surface area (Å²) in [5.74, 6) is 5.72. The molecule has 4 saturated heterocycles. The Bertz CT molecular complexity index is 4700. The molecule has 8 spiro atoms. The van der Waals surface area contributed by atoms with E-state index in [1.165, 1.54) is 90.9 Å². The molecule has 20 aliphatic carbocycles. The molecule has 21 heteroatoms. The summed E-state index contributed by atoms with van der Waals surface area (Å²) in [7, 11) is 0. The Hall–Kier alpha value is -1.74. The van der Waals surface area contributed by atoms with E-state index < -0.39 is 95.9 Å². The molecule has 0 unspecified atom stereocenters. The van der Waals surface area contributed by atoms with Crippen molar-refractivity contribution in [3.05, 3.63) is 0 Å². The highest BCUT2D eigenvalue weighted by Gasteiger charge is 2.91. The standard InChI is InChI=1S/2C32H52O6.C31H52O4.C30H50O5.CH4/c2*1-17-15-19(26(28(5,6)36)37-18(2)33)38-24-23(17)29(7)13-14-32-16-31(32)12-11-22(34)27(3,4)20(31)9-10-21(32)30(29,8)25(24)35;1-17-15-18(24(33)26(2,3)4)35-23-22(17)28(7)13-14-31-16-30(31)12-11-21(32)27(5,6)19(30)9-10-20(31)29(28,8)25(23)34;1-16-14-17(23(32)26(4,5)34)35-22-21(16)27(6)12-13-30-15-29(30)11-10-20(31)25(2,3)18(29)8-9-19(30)28(27,7)24(22)33;/h2*17,19-26,34-36H,9-16H2,1-8H3;17-25,32-34H,9-16H2,1-8H3;16-24,31-34H,8-15H2,1-7H3;1H4/t17-,19-,20+,21+,22+,23-,24+,25+,26+,29-,30-,31-,32+;17-,19-,20+,21+,22+,23-,24+,25+,26-,29-,30-,31-,32+;17-,18-,19+,20+,21+,22-,23+,24-,25+,28-,29-,30-,31+;16-,17-,18+,19+,20+,21-,22+,23+,24+,27-,28-,29-,30+;/m1111./s1. The first-order valence-electron chi connectivity index (χ1n) is 60.0. The van der Waals surface area contributed by atoms with Gasteiger partial charge in [-0.15, -0.1) is 0 Å². The lowest BCUT2D eigenvalue weighted by Gasteiger charge is -2.63. The Morgan fingerprint density at radius 3 is 0.687 bits per heavy atom. The Morgan fingerprint density at radius 1 is 0.286 bits per heavy atom. The molecule has 0 aromatic rings. The summed E-state index contributed by atoms with van der Waals surface area (Å²) in [6, 6.07) is 0. The van der Waals surface area contributed by atoms with Crippen molar-refractivity contribution >= 4 is 11.9 Å². The third-order valence-electron chi connectivity index (χ3n) is 56.2. The molecule has 4 aliphatic heterocycles. The minimum Gasteiger partial charge on any atom is -0.457 e. The van der Waals surface area contributed by atoms with Crippen LogP contribution in [0.5, 0.6) is 0 Å². The van der Waals surface area contributed by atoms with Crippen molar-refractivity contribution in [3.8, 4) is 0 Å². The van der Waals surface area contributed by atoms with E-state index in [0.29, 0.717) is 110 Å². The zero-order valence-electron chi connectivity index (χ0n) is 96.5. The van der Waals surface area contributed by atoms with Gasteiger partial charge in [0.1, 0.15) is 6.10 Å². The summed E-state index contributed by atoms with van der Waals surface area (Å²) in [6.07, 6.45) is 26.2. The van der Waals surface area contributed by atoms with Crippen LogP contribution in [0.25, 0.3) is 0 Å². The van der Waals surface area contributed by atoms with E-state index in [0.717, 1.165) is 116 Å². The molecule has 0 aromatic heterocycles. The molecule has 20 saturated carbocycles. The summed E-state index contributed by atoms with van der Waals surface area (Å²) >= 11 is 0. The van der Waals surface area contributed by atoms with E-state index in [1.807, 2.05) is 0 Å². The lowest BCUT2D eigenvalue weighted by molar-refractivity contribution is -0.216. The second kappa shape index (κ2) is 34.2. The maximum Gasteiger partial charge on any atom is 0.303 e. The molecule has 147 heavy (non-hydrogen) atoms. The van der Waals surface area contributed by atoms with Gasteiger partial charge in [0, 0.05) is 35.5 Å². The minimum atomic E-state index is -1.24. The summed E-state index contributed by atoms with van der Waals surface area (Å²) in [5, 5.41) is 147. The predicted octanol–water partition coefficient (Wildman–Crippen LogP) is 20.2. The number of hydrogen-bond acceptors (Lipinski definition) is 21. The fourth-order valence-corrected chi connectivity index (χ4v) is 48.8. The van der Waals surface area contributed by atoms with Gasteiger partial charge in [-0.1, -0.05) is 167 Å². The van der Waals surface area contributed by atoms with Gasteiger partial charge in [0.15, 0.2) is 12.2 Å². The normalized spacial score (nSPS) is 57.0. The zero-order chi connectivity index (χ0) is 107. The summed E-state index contributed by atoms with van der Waals surface area (Å²) < 4.78 is 38.1. The highest BCUT2D eigenvalue weighted by Crippen LogP contribution is 2.95. The molecule has 24 rings (SSSR count). The average Bonchev–Trinajstić information content (AvgIpc) is 1.47. The molecule has 0 aromatic carbocycles. The molecular formula is C126H210O21. The van der Waals surface area contributed by atoms with Gasteiger partial charge in [0.2, 0.25) is 0 Å². The van der Waals surface area contributed by atoms with Gasteiger partial charge >= 0.3 is 11.9 Å². The molecule has 21 nitrogen and oxygen atoms in total. The molecule has 0 amide bonds. The van der Waals surface area contributed by atoms with Crippen LogP contribution in [0, 0.1) is 208 Å². The quantitative estimate of drug-likeness (QED) is 0.0954. The van der Waals surface area contributed by atoms with Gasteiger partial charge in [-0.05, 0) is 434 Å². The molecule has 0 radical (unpaired) electrons. The summed E-state index contributed by atoms with van der Waals surface area (Å²) in [5.41, 5.74) is -2.52. The lowest BCUT2D eigenvalue weighted by Crippen LogP contribution is -2.59. The highest BCUT2D eigenvalue weighted by molar-refractivity contribution is 5.67. The van der Waals surface area contributed by atoms with Crippen molar-refractivity contribution in [1.82, 2.24) is 0 Å². The topological polar surface area (TPSA) is 353 Å². The molecule has 4 heterocycles. The number of carbonyl (C=O) groups excluding carboxylic acids is 2. The minimum absolute atomic E-state index is 0. The van der Waals surface area contributed by atoms with Crippen LogP contribution in [0.15, 0.2) is 0 Å². The molecule has 840 valence electrons. The number of rotatable bonds is 9. The maximum atomic E-state index is 12.3. The molecule has 0 bridgehead atoms. The smallest absolute Gasteiger partial charge is 0.303 e. The third kappa shape index (κ3) is 14.1. The van der Waals surface area contributed by atoms with Crippen LogP contribution in [0.4, 0.5) is 0 Å². The maximum absolute atomic E-state index is 12.3. The Kier molecular flexibility index (Phi) is 26.1. The second-order valence-corrected chi connectivity index (χ2v) is 64.6. The first kappa shape index (κ1) is 112. The van der Waals surface area contributed by atoms with E-state index in [9.17, 15) is 76.0 Å². The molecule has 24 fully saturated rings. The number of carbonyl (C=O) groups is 2.